The van der Waals surface area contributed by atoms with E-state index in [0.29, 0.717) is 6.54 Å². The molecule has 1 heterocycles. The molecule has 5 N–H and O–H groups in total. The van der Waals surface area contributed by atoms with Gasteiger partial charge < -0.3 is 25.3 Å². The normalized spacial score (nSPS) is 10.0. The van der Waals surface area contributed by atoms with Crippen LogP contribution in [0.1, 0.15) is 46.0 Å². The summed E-state index contributed by atoms with van der Waals surface area (Å²) in [7, 11) is 0. The first-order valence-corrected chi connectivity index (χ1v) is 10.0. The van der Waals surface area contributed by atoms with Crippen molar-refractivity contribution in [1.82, 2.24) is 15.3 Å². The Morgan fingerprint density at radius 2 is 1.61 bits per heavy atom. The Hall–Kier alpha value is -4.41. The Kier molecular flexibility index (Phi) is 8.92. The summed E-state index contributed by atoms with van der Waals surface area (Å²) in [5, 5.41) is 22.2. The Balaban J connectivity index is 0.000000257. The highest BCUT2D eigenvalue weighted by atomic mass is 16.6. The van der Waals surface area contributed by atoms with Crippen LogP contribution in [0.2, 0.25) is 0 Å². The van der Waals surface area contributed by atoms with Gasteiger partial charge in [0, 0.05) is 6.54 Å². The number of aromatic nitrogens is 2. The third kappa shape index (κ3) is 7.35. The first kappa shape index (κ1) is 24.9. The molecule has 0 atom stereocenters. The van der Waals surface area contributed by atoms with E-state index in [1.54, 1.807) is 6.07 Å². The molecule has 174 valence electrons. The maximum atomic E-state index is 11.5. The van der Waals surface area contributed by atoms with Crippen molar-refractivity contribution in [2.75, 3.05) is 11.9 Å². The van der Waals surface area contributed by atoms with Crippen molar-refractivity contribution in [3.8, 4) is 0 Å². The summed E-state index contributed by atoms with van der Waals surface area (Å²) < 4.78 is 4.54. The predicted octanol–water partition coefficient (Wildman–Crippen LogP) is 4.01. The van der Waals surface area contributed by atoms with E-state index < -0.39 is 24.1 Å². The van der Waals surface area contributed by atoms with Crippen molar-refractivity contribution < 1.29 is 34.1 Å². The molecule has 3 rings (SSSR count). The van der Waals surface area contributed by atoms with Gasteiger partial charge in [0.25, 0.3) is 0 Å². The summed E-state index contributed by atoms with van der Waals surface area (Å²) in [6.45, 7) is 3.96. The standard InChI is InChI=1S/C13H16N4O3.C9H8O4/c1-2-3-8-14-12(18)20-13(19)17-11-15-9-6-4-5-7-10(9)16-11;1-5-6(8(10)11)3-2-4-7(5)9(12)13/h4-7H,2-3,8H2,1H3,(H,14,18)(H2,15,16,17,19);2-4H,1H3,(H,10,11)(H,12,13). The number of unbranched alkanes of at least 4 members (excludes halogenated alkanes) is 1. The number of hydrogen-bond donors (Lipinski definition) is 5. The van der Waals surface area contributed by atoms with Gasteiger partial charge in [-0.3, -0.25) is 5.32 Å². The van der Waals surface area contributed by atoms with Gasteiger partial charge in [0.05, 0.1) is 22.2 Å². The summed E-state index contributed by atoms with van der Waals surface area (Å²) >= 11 is 0. The number of fused-ring (bicyclic) bond motifs is 1. The first-order chi connectivity index (χ1) is 15.7. The minimum atomic E-state index is -1.11. The average Bonchev–Trinajstić information content (AvgIpc) is 3.16. The number of rotatable bonds is 6. The summed E-state index contributed by atoms with van der Waals surface area (Å²) in [4.78, 5) is 51.0. The molecule has 3 aromatic rings. The lowest BCUT2D eigenvalue weighted by Crippen LogP contribution is -2.29. The summed E-state index contributed by atoms with van der Waals surface area (Å²) in [6, 6.07) is 11.5. The number of H-pyrrole nitrogens is 1. The van der Waals surface area contributed by atoms with Gasteiger partial charge >= 0.3 is 24.1 Å². The molecular weight excluding hydrogens is 432 g/mol. The number of imidazole rings is 1. The number of carbonyl (C=O) groups excluding carboxylic acids is 2. The molecule has 0 radical (unpaired) electrons. The highest BCUT2D eigenvalue weighted by molar-refractivity contribution is 5.96. The highest BCUT2D eigenvalue weighted by Crippen LogP contribution is 2.14. The zero-order valence-corrected chi connectivity index (χ0v) is 18.0. The van der Waals surface area contributed by atoms with Crippen LogP contribution < -0.4 is 10.6 Å². The number of hydrogen-bond acceptors (Lipinski definition) is 6. The number of para-hydroxylation sites is 2. The van der Waals surface area contributed by atoms with Gasteiger partial charge in [-0.25, -0.2) is 24.2 Å². The van der Waals surface area contributed by atoms with Crippen molar-refractivity contribution in [3.05, 3.63) is 59.2 Å². The molecular formula is C22H24N4O7. The number of ether oxygens (including phenoxy) is 1. The third-order valence-electron chi connectivity index (χ3n) is 4.39. The molecule has 0 aliphatic heterocycles. The third-order valence-corrected chi connectivity index (χ3v) is 4.39. The number of aromatic amines is 1. The number of nitrogens with one attached hydrogen (secondary N) is 3. The van der Waals surface area contributed by atoms with E-state index in [9.17, 15) is 19.2 Å². The molecule has 0 fully saturated rings. The number of carboxylic acids is 2. The fourth-order valence-electron chi connectivity index (χ4n) is 2.72. The van der Waals surface area contributed by atoms with Crippen LogP contribution in [-0.2, 0) is 4.74 Å². The maximum Gasteiger partial charge on any atom is 0.422 e. The van der Waals surface area contributed by atoms with E-state index in [2.05, 4.69) is 25.3 Å². The molecule has 0 bridgehead atoms. The van der Waals surface area contributed by atoms with E-state index in [-0.39, 0.29) is 22.6 Å². The molecule has 0 spiro atoms. The molecule has 0 saturated carbocycles. The van der Waals surface area contributed by atoms with Gasteiger partial charge in [0.2, 0.25) is 5.95 Å². The van der Waals surface area contributed by atoms with Gasteiger partial charge in [-0.05, 0) is 43.2 Å². The molecule has 2 aromatic carbocycles. The van der Waals surface area contributed by atoms with E-state index in [1.807, 2.05) is 25.1 Å². The number of alkyl carbamates (subject to hydrolysis) is 1. The minimum Gasteiger partial charge on any atom is -0.478 e. The molecule has 0 unspecified atom stereocenters. The van der Waals surface area contributed by atoms with Crippen LogP contribution in [0.3, 0.4) is 0 Å². The number of anilines is 1. The van der Waals surface area contributed by atoms with Crippen molar-refractivity contribution in [2.45, 2.75) is 26.7 Å². The first-order valence-electron chi connectivity index (χ1n) is 10.0. The summed E-state index contributed by atoms with van der Waals surface area (Å²) in [6.07, 6.45) is 0.135. The van der Waals surface area contributed by atoms with Gasteiger partial charge in [0.15, 0.2) is 0 Å². The fraction of sp³-hybridized carbons (Fsp3) is 0.227. The Morgan fingerprint density at radius 3 is 2.18 bits per heavy atom. The molecule has 11 heteroatoms. The van der Waals surface area contributed by atoms with Gasteiger partial charge in [-0.15, -0.1) is 0 Å². The fourth-order valence-corrected chi connectivity index (χ4v) is 2.72. The van der Waals surface area contributed by atoms with Crippen molar-refractivity contribution in [2.24, 2.45) is 0 Å². The Morgan fingerprint density at radius 1 is 0.970 bits per heavy atom. The second-order valence-corrected chi connectivity index (χ2v) is 6.77. The zero-order valence-electron chi connectivity index (χ0n) is 18.0. The number of nitrogens with zero attached hydrogens (tertiary/aromatic N) is 1. The van der Waals surface area contributed by atoms with Crippen LogP contribution in [0, 0.1) is 6.92 Å². The second kappa shape index (κ2) is 11.8. The van der Waals surface area contributed by atoms with Crippen molar-refractivity contribution in [1.29, 1.82) is 0 Å². The van der Waals surface area contributed by atoms with Crippen LogP contribution in [-0.4, -0.2) is 50.9 Å². The molecule has 0 saturated heterocycles. The lowest BCUT2D eigenvalue weighted by atomic mass is 10.0. The van der Waals surface area contributed by atoms with E-state index >= 15 is 0 Å². The largest absolute Gasteiger partial charge is 0.478 e. The van der Waals surface area contributed by atoms with Crippen LogP contribution >= 0.6 is 0 Å². The van der Waals surface area contributed by atoms with Crippen LogP contribution in [0.15, 0.2) is 42.5 Å². The minimum absolute atomic E-state index is 0.0277. The number of amides is 2. The monoisotopic (exact) mass is 456 g/mol. The summed E-state index contributed by atoms with van der Waals surface area (Å²) in [5.41, 5.74) is 1.84. The maximum absolute atomic E-state index is 11.5. The zero-order chi connectivity index (χ0) is 24.4. The van der Waals surface area contributed by atoms with E-state index in [4.69, 9.17) is 10.2 Å². The quantitative estimate of drug-likeness (QED) is 0.273. The van der Waals surface area contributed by atoms with Crippen LogP contribution in [0.5, 0.6) is 0 Å². The van der Waals surface area contributed by atoms with Crippen LogP contribution in [0.25, 0.3) is 11.0 Å². The predicted molar refractivity (Wildman–Crippen MR) is 120 cm³/mol. The topological polar surface area (TPSA) is 171 Å². The van der Waals surface area contributed by atoms with Crippen molar-refractivity contribution in [3.63, 3.8) is 0 Å². The highest BCUT2D eigenvalue weighted by Gasteiger charge is 2.14. The van der Waals surface area contributed by atoms with Gasteiger partial charge in [-0.2, -0.15) is 0 Å². The molecule has 1 aromatic heterocycles. The van der Waals surface area contributed by atoms with Gasteiger partial charge in [-0.1, -0.05) is 31.5 Å². The number of carboxylic acid groups (broad SMARTS) is 2. The van der Waals surface area contributed by atoms with Gasteiger partial charge in [0.1, 0.15) is 0 Å². The molecule has 0 aliphatic rings. The lowest BCUT2D eigenvalue weighted by molar-refractivity contribution is 0.0696. The SMILES string of the molecule is CCCCNC(=O)OC(=O)Nc1nc2ccccc2[nH]1.Cc1c(C(=O)O)cccc1C(=O)O. The smallest absolute Gasteiger partial charge is 0.422 e. The molecule has 11 nitrogen and oxygen atoms in total. The lowest BCUT2D eigenvalue weighted by Gasteiger charge is -2.04. The Labute approximate surface area is 188 Å². The number of carbonyl (C=O) groups is 4. The number of aromatic carboxylic acids is 2. The van der Waals surface area contributed by atoms with E-state index in [0.717, 1.165) is 23.9 Å². The molecule has 33 heavy (non-hydrogen) atoms. The number of benzene rings is 2. The molecule has 0 aliphatic carbocycles. The Bertz CT molecular complexity index is 1090. The van der Waals surface area contributed by atoms with Crippen molar-refractivity contribution >= 4 is 41.1 Å². The van der Waals surface area contributed by atoms with E-state index in [1.165, 1.54) is 25.1 Å². The average molecular weight is 456 g/mol. The molecule has 2 amide bonds. The summed E-state index contributed by atoms with van der Waals surface area (Å²) in [5.74, 6) is -1.99. The van der Waals surface area contributed by atoms with Crippen LogP contribution in [0.4, 0.5) is 15.5 Å². The second-order valence-electron chi connectivity index (χ2n) is 6.77.